The van der Waals surface area contributed by atoms with Crippen molar-refractivity contribution in [2.75, 3.05) is 6.54 Å². The zero-order valence-electron chi connectivity index (χ0n) is 14.2. The summed E-state index contributed by atoms with van der Waals surface area (Å²) >= 11 is 0. The Labute approximate surface area is 133 Å². The van der Waals surface area contributed by atoms with Crippen molar-refractivity contribution in [1.82, 2.24) is 15.1 Å². The van der Waals surface area contributed by atoms with Crippen molar-refractivity contribution in [2.45, 2.75) is 44.8 Å². The fraction of sp³-hybridized carbons (Fsp3) is 0.500. The number of aromatic nitrogens is 2. The molecule has 2 aromatic rings. The fourth-order valence-corrected chi connectivity index (χ4v) is 2.53. The number of rotatable bonds is 6. The van der Waals surface area contributed by atoms with Crippen LogP contribution in [0.5, 0.6) is 0 Å². The topological polar surface area (TPSA) is 50.1 Å². The summed E-state index contributed by atoms with van der Waals surface area (Å²) in [5.74, 6) is 0. The molecule has 0 saturated heterocycles. The summed E-state index contributed by atoms with van der Waals surface area (Å²) < 4.78 is 1.71. The summed E-state index contributed by atoms with van der Waals surface area (Å²) in [6.45, 7) is 8.90. The lowest BCUT2D eigenvalue weighted by Crippen LogP contribution is -2.47. The van der Waals surface area contributed by atoms with Crippen molar-refractivity contribution < 1.29 is 5.11 Å². The zero-order valence-corrected chi connectivity index (χ0v) is 14.2. The first-order chi connectivity index (χ1) is 10.2. The van der Waals surface area contributed by atoms with Gasteiger partial charge < -0.3 is 10.4 Å². The summed E-state index contributed by atoms with van der Waals surface area (Å²) in [7, 11) is 1.86. The Balaban J connectivity index is 2.04. The predicted octanol–water partition coefficient (Wildman–Crippen LogP) is 2.58. The number of hydrogen-bond acceptors (Lipinski definition) is 3. The lowest BCUT2D eigenvalue weighted by Gasteiger charge is -2.35. The second kappa shape index (κ2) is 6.23. The maximum Gasteiger partial charge on any atom is 0.102 e. The third-order valence-corrected chi connectivity index (χ3v) is 4.68. The van der Waals surface area contributed by atoms with Gasteiger partial charge in [0.1, 0.15) is 5.60 Å². The molecule has 4 heteroatoms. The molecular formula is C18H27N3O. The van der Waals surface area contributed by atoms with E-state index in [9.17, 15) is 5.11 Å². The zero-order chi connectivity index (χ0) is 16.4. The maximum atomic E-state index is 10.7. The summed E-state index contributed by atoms with van der Waals surface area (Å²) in [5, 5.41) is 18.3. The average molecular weight is 301 g/mol. The van der Waals surface area contributed by atoms with E-state index in [1.807, 2.05) is 26.2 Å². The molecule has 0 amide bonds. The molecule has 0 aliphatic rings. The maximum absolute atomic E-state index is 10.7. The number of nitrogens with zero attached hydrogens (tertiary/aromatic N) is 2. The Morgan fingerprint density at radius 2 is 1.82 bits per heavy atom. The number of benzene rings is 1. The van der Waals surface area contributed by atoms with E-state index in [-0.39, 0.29) is 11.5 Å². The fourth-order valence-electron chi connectivity index (χ4n) is 2.53. The Morgan fingerprint density at radius 3 is 2.36 bits per heavy atom. The lowest BCUT2D eigenvalue weighted by molar-refractivity contribution is 0.0516. The minimum absolute atomic E-state index is 0.0215. The van der Waals surface area contributed by atoms with Gasteiger partial charge >= 0.3 is 0 Å². The summed E-state index contributed by atoms with van der Waals surface area (Å²) in [6.07, 6.45) is 3.57. The lowest BCUT2D eigenvalue weighted by atomic mass is 9.78. The SMILES string of the molecule is CC(NCC(C)(O)c1cnn(C)c1)C(C)(C)c1ccccc1. The Bertz CT molecular complexity index is 602. The van der Waals surface area contributed by atoms with E-state index in [1.54, 1.807) is 10.9 Å². The van der Waals surface area contributed by atoms with Gasteiger partial charge in [0.2, 0.25) is 0 Å². The molecule has 0 saturated carbocycles. The number of aryl methyl sites for hydroxylation is 1. The number of nitrogens with one attached hydrogen (secondary N) is 1. The van der Waals surface area contributed by atoms with E-state index in [2.05, 4.69) is 55.5 Å². The van der Waals surface area contributed by atoms with Gasteiger partial charge in [-0.3, -0.25) is 4.68 Å². The van der Waals surface area contributed by atoms with Crippen LogP contribution in [0.3, 0.4) is 0 Å². The molecule has 0 aliphatic heterocycles. The van der Waals surface area contributed by atoms with Crippen LogP contribution >= 0.6 is 0 Å². The molecule has 4 nitrogen and oxygen atoms in total. The molecule has 0 aliphatic carbocycles. The van der Waals surface area contributed by atoms with Crippen LogP contribution in [0.15, 0.2) is 42.7 Å². The van der Waals surface area contributed by atoms with Crippen LogP contribution in [0, 0.1) is 0 Å². The van der Waals surface area contributed by atoms with Gasteiger partial charge in [0.15, 0.2) is 0 Å². The molecule has 2 rings (SSSR count). The second-order valence-corrected chi connectivity index (χ2v) is 6.87. The molecule has 2 N–H and O–H groups in total. The molecule has 1 aromatic heterocycles. The first-order valence-corrected chi connectivity index (χ1v) is 7.74. The number of aliphatic hydroxyl groups is 1. The summed E-state index contributed by atoms with van der Waals surface area (Å²) in [6, 6.07) is 10.7. The molecule has 1 heterocycles. The van der Waals surface area contributed by atoms with E-state index in [4.69, 9.17) is 0 Å². The third-order valence-electron chi connectivity index (χ3n) is 4.68. The van der Waals surface area contributed by atoms with Crippen LogP contribution in [0.1, 0.15) is 38.8 Å². The van der Waals surface area contributed by atoms with E-state index in [0.29, 0.717) is 6.54 Å². The van der Waals surface area contributed by atoms with E-state index < -0.39 is 5.60 Å². The molecule has 120 valence electrons. The molecule has 2 atom stereocenters. The van der Waals surface area contributed by atoms with Gasteiger partial charge in [-0.2, -0.15) is 5.10 Å². The predicted molar refractivity (Wildman–Crippen MR) is 89.7 cm³/mol. The summed E-state index contributed by atoms with van der Waals surface area (Å²) in [4.78, 5) is 0. The van der Waals surface area contributed by atoms with Crippen molar-refractivity contribution in [3.8, 4) is 0 Å². The highest BCUT2D eigenvalue weighted by Gasteiger charge is 2.31. The first-order valence-electron chi connectivity index (χ1n) is 7.74. The molecule has 1 aromatic carbocycles. The Hall–Kier alpha value is -1.65. The van der Waals surface area contributed by atoms with Crippen LogP contribution in [-0.2, 0) is 18.1 Å². The molecule has 2 unspecified atom stereocenters. The monoisotopic (exact) mass is 301 g/mol. The van der Waals surface area contributed by atoms with Crippen LogP contribution in [0.2, 0.25) is 0 Å². The van der Waals surface area contributed by atoms with Crippen LogP contribution in [-0.4, -0.2) is 27.5 Å². The van der Waals surface area contributed by atoms with E-state index in [0.717, 1.165) is 5.56 Å². The van der Waals surface area contributed by atoms with Gasteiger partial charge in [-0.15, -0.1) is 0 Å². The van der Waals surface area contributed by atoms with Crippen LogP contribution in [0.25, 0.3) is 0 Å². The summed E-state index contributed by atoms with van der Waals surface area (Å²) in [5.41, 5.74) is 1.16. The largest absolute Gasteiger partial charge is 0.384 e. The Kier molecular flexibility index (Phi) is 4.73. The van der Waals surface area contributed by atoms with Crippen molar-refractivity contribution in [2.24, 2.45) is 7.05 Å². The highest BCUT2D eigenvalue weighted by Crippen LogP contribution is 2.27. The van der Waals surface area contributed by atoms with Crippen LogP contribution in [0.4, 0.5) is 0 Å². The first kappa shape index (κ1) is 16.7. The molecule has 22 heavy (non-hydrogen) atoms. The standard InChI is InChI=1S/C18H27N3O/c1-14(17(2,3)15-9-7-6-8-10-15)19-13-18(4,22)16-11-20-21(5)12-16/h6-12,14,19,22H,13H2,1-5H3. The van der Waals surface area contributed by atoms with Gasteiger partial charge in [0.05, 0.1) is 6.20 Å². The smallest absolute Gasteiger partial charge is 0.102 e. The minimum Gasteiger partial charge on any atom is -0.384 e. The Morgan fingerprint density at radius 1 is 1.18 bits per heavy atom. The number of hydrogen-bond donors (Lipinski definition) is 2. The van der Waals surface area contributed by atoms with E-state index in [1.165, 1.54) is 5.56 Å². The van der Waals surface area contributed by atoms with Gasteiger partial charge in [-0.1, -0.05) is 44.2 Å². The average Bonchev–Trinajstić information content (AvgIpc) is 2.93. The van der Waals surface area contributed by atoms with E-state index >= 15 is 0 Å². The molecular weight excluding hydrogens is 274 g/mol. The van der Waals surface area contributed by atoms with Crippen LogP contribution < -0.4 is 5.32 Å². The van der Waals surface area contributed by atoms with Crippen molar-refractivity contribution in [3.05, 3.63) is 53.9 Å². The highest BCUT2D eigenvalue weighted by molar-refractivity contribution is 5.25. The van der Waals surface area contributed by atoms with Gasteiger partial charge in [0.25, 0.3) is 0 Å². The minimum atomic E-state index is -0.935. The van der Waals surface area contributed by atoms with Crippen molar-refractivity contribution >= 4 is 0 Å². The van der Waals surface area contributed by atoms with Gasteiger partial charge in [-0.05, 0) is 19.4 Å². The molecule has 0 fully saturated rings. The van der Waals surface area contributed by atoms with Crippen molar-refractivity contribution in [1.29, 1.82) is 0 Å². The van der Waals surface area contributed by atoms with Gasteiger partial charge in [-0.25, -0.2) is 0 Å². The van der Waals surface area contributed by atoms with Gasteiger partial charge in [0, 0.05) is 36.8 Å². The third kappa shape index (κ3) is 3.57. The second-order valence-electron chi connectivity index (χ2n) is 6.87. The quantitative estimate of drug-likeness (QED) is 0.862. The highest BCUT2D eigenvalue weighted by atomic mass is 16.3. The normalized spacial score (nSPS) is 16.3. The molecule has 0 spiro atoms. The van der Waals surface area contributed by atoms with Crippen molar-refractivity contribution in [3.63, 3.8) is 0 Å². The molecule has 0 bridgehead atoms. The molecule has 0 radical (unpaired) electrons.